The summed E-state index contributed by atoms with van der Waals surface area (Å²) in [6.07, 6.45) is -3.39. The van der Waals surface area contributed by atoms with Crippen LogP contribution in [0.1, 0.15) is 55.2 Å². The largest absolute Gasteiger partial charge is 0.455 e. The summed E-state index contributed by atoms with van der Waals surface area (Å²) in [7, 11) is 3.18. The van der Waals surface area contributed by atoms with Crippen LogP contribution in [-0.4, -0.2) is 139 Å². The number of carbonyl (C=O) groups is 5. The number of ether oxygens (including phenoxy) is 2. The smallest absolute Gasteiger partial charge is 0.418 e. The van der Waals surface area contributed by atoms with Gasteiger partial charge in [0, 0.05) is 71.0 Å². The molecule has 0 saturated carbocycles. The average Bonchev–Trinajstić information content (AvgIpc) is 3.38. The molecule has 1 unspecified atom stereocenters. The Kier molecular flexibility index (Phi) is 13.6. The number of esters is 1. The zero-order valence-corrected chi connectivity index (χ0v) is 33.5. The van der Waals surface area contributed by atoms with Crippen LogP contribution >= 0.6 is 11.6 Å². The van der Waals surface area contributed by atoms with Crippen molar-refractivity contribution in [3.05, 3.63) is 58.1 Å². The van der Waals surface area contributed by atoms with Crippen LogP contribution in [0.15, 0.2) is 36.4 Å². The number of halogens is 4. The van der Waals surface area contributed by atoms with E-state index in [0.29, 0.717) is 77.7 Å². The van der Waals surface area contributed by atoms with Gasteiger partial charge in [-0.05, 0) is 87.4 Å². The molecule has 0 bridgehead atoms. The van der Waals surface area contributed by atoms with Crippen LogP contribution in [0.2, 0.25) is 5.02 Å². The van der Waals surface area contributed by atoms with E-state index in [-0.39, 0.29) is 72.6 Å². The first kappa shape index (κ1) is 42.8. The van der Waals surface area contributed by atoms with Crippen LogP contribution in [0.4, 0.5) is 34.1 Å². The molecule has 4 heterocycles. The first-order chi connectivity index (χ1) is 27.6. The van der Waals surface area contributed by atoms with E-state index in [2.05, 4.69) is 10.2 Å². The number of urea groups is 1. The number of likely N-dealkylation sites (N-methyl/N-ethyl adjacent to an activating group) is 1. The highest BCUT2D eigenvalue weighted by molar-refractivity contribution is 6.33. The number of nitrogens with one attached hydrogen (secondary N) is 1. The average molecular weight is 834 g/mol. The predicted octanol–water partition coefficient (Wildman–Crippen LogP) is 4.88. The Morgan fingerprint density at radius 1 is 0.914 bits per heavy atom. The standard InChI is InChI=1S/C40H51ClF3N7O7/c1-47(2)34(52)24-57-37(54)27-7-14-48(15-8-27)28-10-16-49(17-11-28)36(53)33(23-25-21-30(40(42,43)44)35(45)31(41)22-25)58-39(56)50-18-12-29(13-19-50)51-20-9-26-5-3-4-6-32(26)46-38(51)55/h3-6,21-22,27-29,33H,7-20,23-24,45H2,1-2H3,(H,46,55). The molecule has 14 nitrogen and oxygen atoms in total. The van der Waals surface area contributed by atoms with Crippen LogP contribution in [0.5, 0.6) is 0 Å². The van der Waals surface area contributed by atoms with Crippen molar-refractivity contribution in [2.75, 3.05) is 77.6 Å². The molecule has 5 amide bonds. The number of anilines is 2. The number of benzene rings is 2. The van der Waals surface area contributed by atoms with Crippen molar-refractivity contribution >= 4 is 52.9 Å². The summed E-state index contributed by atoms with van der Waals surface area (Å²) in [4.78, 5) is 73.8. The van der Waals surface area contributed by atoms with E-state index in [0.717, 1.165) is 17.3 Å². The molecule has 3 saturated heterocycles. The molecule has 58 heavy (non-hydrogen) atoms. The van der Waals surface area contributed by atoms with Crippen molar-refractivity contribution in [1.82, 2.24) is 24.5 Å². The lowest BCUT2D eigenvalue weighted by Crippen LogP contribution is -2.53. The Morgan fingerprint density at radius 3 is 2.21 bits per heavy atom. The van der Waals surface area contributed by atoms with Gasteiger partial charge < -0.3 is 45.0 Å². The number of amides is 5. The molecule has 0 spiro atoms. The van der Waals surface area contributed by atoms with E-state index in [9.17, 15) is 37.1 Å². The van der Waals surface area contributed by atoms with Crippen molar-refractivity contribution in [2.24, 2.45) is 5.92 Å². The van der Waals surface area contributed by atoms with Gasteiger partial charge in [0.1, 0.15) is 0 Å². The minimum Gasteiger partial charge on any atom is -0.455 e. The third-order valence-electron chi connectivity index (χ3n) is 11.7. The fraction of sp³-hybridized carbons (Fsp3) is 0.575. The van der Waals surface area contributed by atoms with E-state index in [1.165, 1.54) is 15.9 Å². The van der Waals surface area contributed by atoms with Gasteiger partial charge in [-0.15, -0.1) is 0 Å². The second-order valence-electron chi connectivity index (χ2n) is 15.6. The quantitative estimate of drug-likeness (QED) is 0.266. The van der Waals surface area contributed by atoms with Gasteiger partial charge in [-0.2, -0.15) is 13.2 Å². The van der Waals surface area contributed by atoms with Crippen LogP contribution in [0, 0.1) is 5.92 Å². The summed E-state index contributed by atoms with van der Waals surface area (Å²) in [5.41, 5.74) is 5.74. The van der Waals surface area contributed by atoms with Gasteiger partial charge in [0.15, 0.2) is 12.7 Å². The Morgan fingerprint density at radius 2 is 1.55 bits per heavy atom. The summed E-state index contributed by atoms with van der Waals surface area (Å²) >= 11 is 6.13. The molecule has 4 aliphatic rings. The fourth-order valence-corrected chi connectivity index (χ4v) is 8.49. The highest BCUT2D eigenvalue weighted by Crippen LogP contribution is 2.38. The van der Waals surface area contributed by atoms with Crippen molar-refractivity contribution < 1.29 is 46.6 Å². The number of para-hydroxylation sites is 1. The molecule has 0 radical (unpaired) electrons. The number of nitrogens with two attached hydrogens (primary N) is 1. The molecule has 3 fully saturated rings. The number of alkyl halides is 3. The van der Waals surface area contributed by atoms with Gasteiger partial charge in [0.05, 0.1) is 22.2 Å². The normalized spacial score (nSPS) is 19.5. The number of hydrogen-bond donors (Lipinski definition) is 2. The Hall–Kier alpha value is -4.77. The minimum absolute atomic E-state index is 0.0342. The molecular formula is C40H51ClF3N7O7. The number of carbonyl (C=O) groups excluding carboxylic acids is 5. The zero-order chi connectivity index (χ0) is 41.7. The lowest BCUT2D eigenvalue weighted by molar-refractivity contribution is -0.156. The van der Waals surface area contributed by atoms with Crippen LogP contribution in [0.3, 0.4) is 0 Å². The summed E-state index contributed by atoms with van der Waals surface area (Å²) in [5, 5.41) is 2.65. The number of nitrogens with zero attached hydrogens (tertiary/aromatic N) is 5. The van der Waals surface area contributed by atoms with E-state index in [4.69, 9.17) is 26.8 Å². The minimum atomic E-state index is -4.81. The monoisotopic (exact) mass is 833 g/mol. The molecule has 18 heteroatoms. The number of piperidine rings is 3. The summed E-state index contributed by atoms with van der Waals surface area (Å²) in [6, 6.07) is 9.50. The third kappa shape index (κ3) is 10.3. The number of hydrogen-bond acceptors (Lipinski definition) is 9. The predicted molar refractivity (Wildman–Crippen MR) is 209 cm³/mol. The third-order valence-corrected chi connectivity index (χ3v) is 12.0. The number of fused-ring (bicyclic) bond motifs is 1. The molecule has 4 aliphatic heterocycles. The first-order valence-electron chi connectivity index (χ1n) is 19.7. The Labute approximate surface area is 340 Å². The second-order valence-corrected chi connectivity index (χ2v) is 16.0. The van der Waals surface area contributed by atoms with Gasteiger partial charge in [0.2, 0.25) is 0 Å². The topological polar surface area (TPSA) is 158 Å². The Bertz CT molecular complexity index is 1840. The molecule has 316 valence electrons. The number of rotatable bonds is 9. The number of likely N-dealkylation sites (tertiary alicyclic amines) is 3. The Balaban J connectivity index is 1.07. The molecule has 6 rings (SSSR count). The molecule has 1 atom stereocenters. The molecule has 3 N–H and O–H groups in total. The summed E-state index contributed by atoms with van der Waals surface area (Å²) in [6.45, 7) is 2.67. The van der Waals surface area contributed by atoms with Gasteiger partial charge in [-0.3, -0.25) is 14.4 Å². The molecule has 2 aromatic carbocycles. The van der Waals surface area contributed by atoms with Crippen molar-refractivity contribution in [3.63, 3.8) is 0 Å². The van der Waals surface area contributed by atoms with Crippen LogP contribution in [0.25, 0.3) is 0 Å². The van der Waals surface area contributed by atoms with Crippen LogP contribution < -0.4 is 11.1 Å². The maximum Gasteiger partial charge on any atom is 0.418 e. The molecule has 2 aromatic rings. The maximum absolute atomic E-state index is 14.1. The number of nitrogen functional groups attached to an aromatic ring is 1. The van der Waals surface area contributed by atoms with E-state index in [1.807, 2.05) is 24.3 Å². The highest BCUT2D eigenvalue weighted by atomic mass is 35.5. The second kappa shape index (κ2) is 18.4. The molecule has 0 aromatic heterocycles. The maximum atomic E-state index is 14.1. The summed E-state index contributed by atoms with van der Waals surface area (Å²) in [5.74, 6) is -1.52. The van der Waals surface area contributed by atoms with Crippen molar-refractivity contribution in [3.8, 4) is 0 Å². The molecular weight excluding hydrogens is 783 g/mol. The van der Waals surface area contributed by atoms with Gasteiger partial charge in [-0.25, -0.2) is 9.59 Å². The van der Waals surface area contributed by atoms with E-state index < -0.39 is 35.5 Å². The van der Waals surface area contributed by atoms with Crippen LogP contribution in [-0.2, 0) is 42.9 Å². The summed E-state index contributed by atoms with van der Waals surface area (Å²) < 4.78 is 52.8. The van der Waals surface area contributed by atoms with Gasteiger partial charge in [0.25, 0.3) is 11.8 Å². The van der Waals surface area contributed by atoms with Crippen molar-refractivity contribution in [1.29, 1.82) is 0 Å². The SMILES string of the molecule is CN(C)C(=O)COC(=O)C1CCN(C2CCN(C(=O)C(Cc3cc(Cl)c(N)c(C(F)(F)F)c3)OC(=O)N3CCC(N4CCc5ccccc5NC4=O)CC3)CC2)CC1. The first-order valence-corrected chi connectivity index (χ1v) is 20.1. The fourth-order valence-electron chi connectivity index (χ4n) is 8.25. The molecule has 0 aliphatic carbocycles. The van der Waals surface area contributed by atoms with Crippen molar-refractivity contribution in [2.45, 2.75) is 75.7 Å². The lowest BCUT2D eigenvalue weighted by atomic mass is 9.93. The van der Waals surface area contributed by atoms with Gasteiger partial charge >= 0.3 is 24.3 Å². The van der Waals surface area contributed by atoms with Gasteiger partial charge in [-0.1, -0.05) is 29.8 Å². The van der Waals surface area contributed by atoms with E-state index >= 15 is 0 Å². The lowest BCUT2D eigenvalue weighted by Gasteiger charge is -2.42. The highest BCUT2D eigenvalue weighted by Gasteiger charge is 2.39. The van der Waals surface area contributed by atoms with E-state index in [1.54, 1.807) is 23.9 Å². The zero-order valence-electron chi connectivity index (χ0n) is 32.8.